The van der Waals surface area contributed by atoms with Crippen molar-refractivity contribution in [3.8, 4) is 0 Å². The average Bonchev–Trinajstić information content (AvgIpc) is 2.32. The maximum Gasteiger partial charge on any atom is 0.308 e. The number of hydrogen-bond acceptors (Lipinski definition) is 4. The Morgan fingerprint density at radius 2 is 1.95 bits per heavy atom. The first-order valence-electron chi connectivity index (χ1n) is 6.92. The van der Waals surface area contributed by atoms with Crippen LogP contribution >= 0.6 is 0 Å². The van der Waals surface area contributed by atoms with Crippen LogP contribution in [-0.2, 0) is 14.3 Å². The highest BCUT2D eigenvalue weighted by molar-refractivity contribution is 5.82. The lowest BCUT2D eigenvalue weighted by molar-refractivity contribution is -0.142. The lowest BCUT2D eigenvalue weighted by Gasteiger charge is -2.24. The van der Waals surface area contributed by atoms with Crippen LogP contribution < -0.4 is 11.1 Å². The van der Waals surface area contributed by atoms with Gasteiger partial charge in [0.1, 0.15) is 0 Å². The molecule has 0 bridgehead atoms. The fourth-order valence-corrected chi connectivity index (χ4v) is 1.92. The molecule has 0 heterocycles. The first-order valence-corrected chi connectivity index (χ1v) is 6.92. The second kappa shape index (κ2) is 8.92. The maximum atomic E-state index is 11.8. The minimum Gasteiger partial charge on any atom is -0.481 e. The number of carboxylic acids is 1. The summed E-state index contributed by atoms with van der Waals surface area (Å²) in [5.41, 5.74) is 5.63. The summed E-state index contributed by atoms with van der Waals surface area (Å²) in [6.07, 6.45) is 1.73. The van der Waals surface area contributed by atoms with Gasteiger partial charge in [0.2, 0.25) is 5.91 Å². The molecule has 1 amide bonds. The molecule has 0 aromatic heterocycles. The number of aliphatic carboxylic acids is 1. The largest absolute Gasteiger partial charge is 0.481 e. The minimum atomic E-state index is -0.895. The Morgan fingerprint density at radius 1 is 1.35 bits per heavy atom. The summed E-state index contributed by atoms with van der Waals surface area (Å²) in [6.45, 7) is 6.59. The number of hydrogen-bond donors (Lipinski definition) is 3. The van der Waals surface area contributed by atoms with E-state index in [0.29, 0.717) is 25.9 Å². The number of methoxy groups -OCH3 is 1. The van der Waals surface area contributed by atoms with Crippen molar-refractivity contribution in [1.29, 1.82) is 0 Å². The van der Waals surface area contributed by atoms with Gasteiger partial charge >= 0.3 is 5.97 Å². The molecule has 2 unspecified atom stereocenters. The van der Waals surface area contributed by atoms with E-state index in [9.17, 15) is 9.59 Å². The van der Waals surface area contributed by atoms with Gasteiger partial charge in [0, 0.05) is 20.3 Å². The predicted octanol–water partition coefficient (Wildman–Crippen LogP) is 0.994. The Kier molecular flexibility index (Phi) is 8.41. The molecule has 6 heteroatoms. The Labute approximate surface area is 121 Å². The molecular weight excluding hydrogens is 260 g/mol. The average molecular weight is 288 g/mol. The fraction of sp³-hybridized carbons (Fsp3) is 0.857. The van der Waals surface area contributed by atoms with Crippen molar-refractivity contribution < 1.29 is 19.4 Å². The number of ether oxygens (including phenoxy) is 1. The Balaban J connectivity index is 4.20. The van der Waals surface area contributed by atoms with Crippen LogP contribution in [0, 0.1) is 11.3 Å². The molecular formula is C14H28N2O4. The molecule has 0 rings (SSSR count). The van der Waals surface area contributed by atoms with E-state index in [4.69, 9.17) is 15.6 Å². The van der Waals surface area contributed by atoms with Crippen molar-refractivity contribution >= 4 is 11.9 Å². The summed E-state index contributed by atoms with van der Waals surface area (Å²) < 4.78 is 4.89. The summed E-state index contributed by atoms with van der Waals surface area (Å²) in [4.78, 5) is 22.9. The molecule has 0 fully saturated rings. The number of rotatable bonds is 9. The predicted molar refractivity (Wildman–Crippen MR) is 77.3 cm³/mol. The smallest absolute Gasteiger partial charge is 0.308 e. The van der Waals surface area contributed by atoms with E-state index in [2.05, 4.69) is 5.32 Å². The molecule has 0 spiro atoms. The molecule has 118 valence electrons. The SMILES string of the molecule is COCCCC(N)C(=O)NCC(CC(C)(C)C)C(=O)O. The quantitative estimate of drug-likeness (QED) is 0.549. The van der Waals surface area contributed by atoms with Gasteiger partial charge in [0.25, 0.3) is 0 Å². The van der Waals surface area contributed by atoms with Gasteiger partial charge in [-0.05, 0) is 24.7 Å². The number of carbonyl (C=O) groups is 2. The van der Waals surface area contributed by atoms with Gasteiger partial charge in [0.05, 0.1) is 12.0 Å². The van der Waals surface area contributed by atoms with Crippen molar-refractivity contribution in [2.24, 2.45) is 17.1 Å². The molecule has 0 aromatic carbocycles. The van der Waals surface area contributed by atoms with E-state index < -0.39 is 17.9 Å². The third kappa shape index (κ3) is 8.87. The number of nitrogens with one attached hydrogen (secondary N) is 1. The zero-order valence-corrected chi connectivity index (χ0v) is 12.9. The van der Waals surface area contributed by atoms with Crippen LogP contribution in [0.2, 0.25) is 0 Å². The summed E-state index contributed by atoms with van der Waals surface area (Å²) in [6, 6.07) is -0.616. The topological polar surface area (TPSA) is 102 Å². The van der Waals surface area contributed by atoms with Crippen LogP contribution in [0.4, 0.5) is 0 Å². The zero-order valence-electron chi connectivity index (χ0n) is 12.9. The molecule has 4 N–H and O–H groups in total. The van der Waals surface area contributed by atoms with Crippen LogP contribution in [0.5, 0.6) is 0 Å². The first-order chi connectivity index (χ1) is 9.17. The third-order valence-electron chi connectivity index (χ3n) is 2.93. The third-order valence-corrected chi connectivity index (χ3v) is 2.93. The summed E-state index contributed by atoms with van der Waals surface area (Å²) in [5, 5.41) is 11.8. The van der Waals surface area contributed by atoms with Crippen LogP contribution in [0.3, 0.4) is 0 Å². The maximum absolute atomic E-state index is 11.8. The van der Waals surface area contributed by atoms with E-state index in [1.165, 1.54) is 0 Å². The summed E-state index contributed by atoms with van der Waals surface area (Å²) >= 11 is 0. The van der Waals surface area contributed by atoms with Gasteiger partial charge in [-0.3, -0.25) is 9.59 Å². The first kappa shape index (κ1) is 18.9. The van der Waals surface area contributed by atoms with Gasteiger partial charge in [-0.2, -0.15) is 0 Å². The second-order valence-electron chi connectivity index (χ2n) is 6.29. The highest BCUT2D eigenvalue weighted by Gasteiger charge is 2.25. The van der Waals surface area contributed by atoms with Gasteiger partial charge in [-0.15, -0.1) is 0 Å². The Bertz CT molecular complexity index is 313. The standard InChI is InChI=1S/C14H28N2O4/c1-14(2,3)8-10(13(18)19)9-16-12(17)11(15)6-5-7-20-4/h10-11H,5-9,15H2,1-4H3,(H,16,17)(H,18,19). The van der Waals surface area contributed by atoms with E-state index in [1.54, 1.807) is 7.11 Å². The molecule has 0 radical (unpaired) electrons. The molecule has 0 aliphatic rings. The molecule has 0 saturated heterocycles. The van der Waals surface area contributed by atoms with Crippen molar-refractivity contribution in [1.82, 2.24) is 5.32 Å². The number of amides is 1. The fourth-order valence-electron chi connectivity index (χ4n) is 1.92. The van der Waals surface area contributed by atoms with Crippen molar-refractivity contribution in [2.75, 3.05) is 20.3 Å². The van der Waals surface area contributed by atoms with Gasteiger partial charge in [-0.25, -0.2) is 0 Å². The zero-order chi connectivity index (χ0) is 15.8. The normalized spacial score (nSPS) is 14.7. The number of nitrogens with two attached hydrogens (primary N) is 1. The molecule has 6 nitrogen and oxygen atoms in total. The number of carbonyl (C=O) groups excluding carboxylic acids is 1. The van der Waals surface area contributed by atoms with Crippen molar-refractivity contribution in [3.05, 3.63) is 0 Å². The molecule has 2 atom stereocenters. The molecule has 0 aliphatic carbocycles. The van der Waals surface area contributed by atoms with Crippen LogP contribution in [0.1, 0.15) is 40.0 Å². The summed E-state index contributed by atoms with van der Waals surface area (Å²) in [7, 11) is 1.59. The van der Waals surface area contributed by atoms with Crippen LogP contribution in [-0.4, -0.2) is 43.3 Å². The molecule has 0 aromatic rings. The number of carboxylic acid groups (broad SMARTS) is 1. The van der Waals surface area contributed by atoms with E-state index in [-0.39, 0.29) is 17.9 Å². The second-order valence-corrected chi connectivity index (χ2v) is 6.29. The summed E-state index contributed by atoms with van der Waals surface area (Å²) in [5.74, 6) is -1.79. The van der Waals surface area contributed by atoms with Gasteiger partial charge in [-0.1, -0.05) is 20.8 Å². The van der Waals surface area contributed by atoms with Crippen molar-refractivity contribution in [3.63, 3.8) is 0 Å². The molecule has 0 saturated carbocycles. The minimum absolute atomic E-state index is 0.103. The van der Waals surface area contributed by atoms with Crippen molar-refractivity contribution in [2.45, 2.75) is 46.1 Å². The lowest BCUT2D eigenvalue weighted by Crippen LogP contribution is -2.44. The highest BCUT2D eigenvalue weighted by atomic mass is 16.5. The van der Waals surface area contributed by atoms with E-state index in [1.807, 2.05) is 20.8 Å². The molecule has 0 aliphatic heterocycles. The van der Waals surface area contributed by atoms with Crippen LogP contribution in [0.15, 0.2) is 0 Å². The van der Waals surface area contributed by atoms with Gasteiger partial charge < -0.3 is 20.9 Å². The Hall–Kier alpha value is -1.14. The van der Waals surface area contributed by atoms with Gasteiger partial charge in [0.15, 0.2) is 0 Å². The Morgan fingerprint density at radius 3 is 2.40 bits per heavy atom. The van der Waals surface area contributed by atoms with E-state index >= 15 is 0 Å². The van der Waals surface area contributed by atoms with Crippen LogP contribution in [0.25, 0.3) is 0 Å². The van der Waals surface area contributed by atoms with E-state index in [0.717, 1.165) is 0 Å². The highest BCUT2D eigenvalue weighted by Crippen LogP contribution is 2.24. The molecule has 20 heavy (non-hydrogen) atoms. The lowest BCUT2D eigenvalue weighted by atomic mass is 9.84. The monoisotopic (exact) mass is 288 g/mol.